The summed E-state index contributed by atoms with van der Waals surface area (Å²) in [5, 5.41) is 8.62. The number of aromatic nitrogens is 1. The zero-order valence-electron chi connectivity index (χ0n) is 8.92. The van der Waals surface area contributed by atoms with E-state index in [9.17, 15) is 4.79 Å². The first kappa shape index (κ1) is 10.8. The number of carboxylic acids is 1. The number of carbonyl (C=O) groups is 1. The number of nitrogens with zero attached hydrogens (tertiary/aromatic N) is 1. The van der Waals surface area contributed by atoms with E-state index in [2.05, 4.69) is 4.98 Å². The lowest BCUT2D eigenvalue weighted by Gasteiger charge is -2.11. The molecule has 4 nitrogen and oxygen atoms in total. The average Bonchev–Trinajstić information content (AvgIpc) is 2.30. The first-order chi connectivity index (χ1) is 6.30. The summed E-state index contributed by atoms with van der Waals surface area (Å²) in [6.07, 6.45) is -0.0780. The molecule has 0 unspecified atom stereocenters. The van der Waals surface area contributed by atoms with Crippen LogP contribution in [0.25, 0.3) is 0 Å². The zero-order valence-corrected chi connectivity index (χ0v) is 8.92. The van der Waals surface area contributed by atoms with Gasteiger partial charge in [0.15, 0.2) is 5.89 Å². The van der Waals surface area contributed by atoms with Crippen molar-refractivity contribution in [1.29, 1.82) is 0 Å². The molecule has 4 heteroatoms. The van der Waals surface area contributed by atoms with Crippen LogP contribution in [0.4, 0.5) is 0 Å². The van der Waals surface area contributed by atoms with E-state index in [-0.39, 0.29) is 11.8 Å². The molecule has 0 radical (unpaired) electrons. The number of rotatable bonds is 2. The van der Waals surface area contributed by atoms with Crippen molar-refractivity contribution in [2.75, 3.05) is 0 Å². The Morgan fingerprint density at radius 2 is 2.07 bits per heavy atom. The quantitative estimate of drug-likeness (QED) is 0.786. The molecule has 0 aliphatic heterocycles. The van der Waals surface area contributed by atoms with Crippen LogP contribution in [-0.4, -0.2) is 16.1 Å². The van der Waals surface area contributed by atoms with Crippen LogP contribution in [0.5, 0.6) is 0 Å². The molecule has 1 N–H and O–H groups in total. The van der Waals surface area contributed by atoms with E-state index in [0.29, 0.717) is 17.3 Å². The Hall–Kier alpha value is -1.32. The minimum absolute atomic E-state index is 0.0780. The average molecular weight is 197 g/mol. The van der Waals surface area contributed by atoms with Crippen LogP contribution in [0, 0.1) is 6.92 Å². The topological polar surface area (TPSA) is 63.3 Å². The third kappa shape index (κ3) is 2.34. The smallest absolute Gasteiger partial charge is 0.309 e. The maximum absolute atomic E-state index is 10.5. The first-order valence-electron chi connectivity index (χ1n) is 4.49. The molecule has 0 aromatic carbocycles. The third-order valence-corrected chi connectivity index (χ3v) is 1.85. The van der Waals surface area contributed by atoms with Crippen molar-refractivity contribution in [1.82, 2.24) is 4.98 Å². The van der Waals surface area contributed by atoms with Crippen molar-refractivity contribution in [3.63, 3.8) is 0 Å². The van der Waals surface area contributed by atoms with Gasteiger partial charge < -0.3 is 9.52 Å². The van der Waals surface area contributed by atoms with Crippen LogP contribution in [0.3, 0.4) is 0 Å². The monoisotopic (exact) mass is 197 g/mol. The molecule has 0 bridgehead atoms. The van der Waals surface area contributed by atoms with Gasteiger partial charge in [0.25, 0.3) is 0 Å². The van der Waals surface area contributed by atoms with Gasteiger partial charge >= 0.3 is 5.97 Å². The highest BCUT2D eigenvalue weighted by Gasteiger charge is 2.22. The minimum atomic E-state index is -0.887. The standard InChI is InChI=1S/C10H15NO3/c1-6-7(5-8(12)13)11-9(14-6)10(2,3)4/h5H2,1-4H3,(H,12,13). The molecule has 1 heterocycles. The molecule has 0 saturated heterocycles. The SMILES string of the molecule is Cc1oc(C(C)(C)C)nc1CC(=O)O. The number of oxazole rings is 1. The molecular weight excluding hydrogens is 182 g/mol. The van der Waals surface area contributed by atoms with Crippen molar-refractivity contribution >= 4 is 5.97 Å². The van der Waals surface area contributed by atoms with E-state index in [1.54, 1.807) is 6.92 Å². The van der Waals surface area contributed by atoms with Crippen molar-refractivity contribution in [2.45, 2.75) is 39.5 Å². The van der Waals surface area contributed by atoms with E-state index < -0.39 is 5.97 Å². The van der Waals surface area contributed by atoms with E-state index >= 15 is 0 Å². The van der Waals surface area contributed by atoms with E-state index in [4.69, 9.17) is 9.52 Å². The zero-order chi connectivity index (χ0) is 10.9. The van der Waals surface area contributed by atoms with Gasteiger partial charge in [0.2, 0.25) is 0 Å². The second-order valence-corrected chi connectivity index (χ2v) is 4.34. The van der Waals surface area contributed by atoms with Crippen LogP contribution in [-0.2, 0) is 16.6 Å². The lowest BCUT2D eigenvalue weighted by atomic mass is 9.97. The van der Waals surface area contributed by atoms with Gasteiger partial charge in [0, 0.05) is 5.41 Å². The van der Waals surface area contributed by atoms with Crippen LogP contribution in [0.2, 0.25) is 0 Å². The Morgan fingerprint density at radius 1 is 1.50 bits per heavy atom. The summed E-state index contributed by atoms with van der Waals surface area (Å²) in [5.74, 6) is 0.297. The molecular formula is C10H15NO3. The van der Waals surface area contributed by atoms with Gasteiger partial charge in [0.05, 0.1) is 12.1 Å². The van der Waals surface area contributed by atoms with Gasteiger partial charge in [-0.3, -0.25) is 4.79 Å². The number of hydrogen-bond donors (Lipinski definition) is 1. The normalized spacial score (nSPS) is 11.7. The van der Waals surface area contributed by atoms with Crippen molar-refractivity contribution in [3.05, 3.63) is 17.3 Å². The van der Waals surface area contributed by atoms with E-state index in [1.807, 2.05) is 20.8 Å². The predicted octanol–water partition coefficient (Wildman–Crippen LogP) is 1.91. The molecule has 0 aliphatic rings. The summed E-state index contributed by atoms with van der Waals surface area (Å²) >= 11 is 0. The third-order valence-electron chi connectivity index (χ3n) is 1.85. The van der Waals surface area contributed by atoms with E-state index in [1.165, 1.54) is 0 Å². The molecule has 1 aromatic rings. The number of aliphatic carboxylic acids is 1. The van der Waals surface area contributed by atoms with E-state index in [0.717, 1.165) is 0 Å². The fourth-order valence-corrected chi connectivity index (χ4v) is 1.06. The van der Waals surface area contributed by atoms with Gasteiger partial charge in [-0.25, -0.2) is 4.98 Å². The minimum Gasteiger partial charge on any atom is -0.481 e. The van der Waals surface area contributed by atoms with Crippen molar-refractivity contribution < 1.29 is 14.3 Å². The molecule has 0 atom stereocenters. The number of carboxylic acid groups (broad SMARTS) is 1. The largest absolute Gasteiger partial charge is 0.481 e. The summed E-state index contributed by atoms with van der Waals surface area (Å²) in [5.41, 5.74) is 0.337. The Morgan fingerprint density at radius 3 is 2.43 bits per heavy atom. The first-order valence-corrected chi connectivity index (χ1v) is 4.49. The lowest BCUT2D eigenvalue weighted by Crippen LogP contribution is -2.12. The molecule has 14 heavy (non-hydrogen) atoms. The molecule has 0 fully saturated rings. The van der Waals surface area contributed by atoms with Gasteiger partial charge in [-0.05, 0) is 6.92 Å². The van der Waals surface area contributed by atoms with Crippen LogP contribution in [0.15, 0.2) is 4.42 Å². The van der Waals surface area contributed by atoms with Crippen LogP contribution < -0.4 is 0 Å². The Balaban J connectivity index is 2.99. The summed E-state index contributed by atoms with van der Waals surface area (Å²) in [6, 6.07) is 0. The summed E-state index contributed by atoms with van der Waals surface area (Å²) in [6.45, 7) is 7.66. The Kier molecular flexibility index (Phi) is 2.64. The van der Waals surface area contributed by atoms with Crippen molar-refractivity contribution in [3.8, 4) is 0 Å². The Labute approximate surface area is 83.0 Å². The highest BCUT2D eigenvalue weighted by molar-refractivity contribution is 5.69. The predicted molar refractivity (Wildman–Crippen MR) is 51.3 cm³/mol. The highest BCUT2D eigenvalue weighted by Crippen LogP contribution is 2.23. The molecule has 0 saturated carbocycles. The van der Waals surface area contributed by atoms with Gasteiger partial charge in [-0.2, -0.15) is 0 Å². The molecule has 78 valence electrons. The fraction of sp³-hybridized carbons (Fsp3) is 0.600. The summed E-state index contributed by atoms with van der Waals surface area (Å²) in [7, 11) is 0. The second kappa shape index (κ2) is 3.44. The maximum Gasteiger partial charge on any atom is 0.309 e. The maximum atomic E-state index is 10.5. The molecule has 1 rings (SSSR count). The van der Waals surface area contributed by atoms with Gasteiger partial charge in [0.1, 0.15) is 5.76 Å². The summed E-state index contributed by atoms with van der Waals surface area (Å²) in [4.78, 5) is 14.7. The van der Waals surface area contributed by atoms with Gasteiger partial charge in [-0.1, -0.05) is 20.8 Å². The fourth-order valence-electron chi connectivity index (χ4n) is 1.06. The molecule has 1 aromatic heterocycles. The van der Waals surface area contributed by atoms with Crippen LogP contribution >= 0.6 is 0 Å². The Bertz CT molecular complexity index is 347. The molecule has 0 amide bonds. The van der Waals surface area contributed by atoms with Crippen molar-refractivity contribution in [2.24, 2.45) is 0 Å². The molecule has 0 spiro atoms. The highest BCUT2D eigenvalue weighted by atomic mass is 16.4. The molecule has 0 aliphatic carbocycles. The number of hydrogen-bond acceptors (Lipinski definition) is 3. The lowest BCUT2D eigenvalue weighted by molar-refractivity contribution is -0.136. The summed E-state index contributed by atoms with van der Waals surface area (Å²) < 4.78 is 5.41. The van der Waals surface area contributed by atoms with Gasteiger partial charge in [-0.15, -0.1) is 0 Å². The van der Waals surface area contributed by atoms with Crippen LogP contribution in [0.1, 0.15) is 38.1 Å². The number of aryl methyl sites for hydroxylation is 1. The second-order valence-electron chi connectivity index (χ2n) is 4.34.